The number of anilines is 1. The predicted molar refractivity (Wildman–Crippen MR) is 103 cm³/mol. The third kappa shape index (κ3) is 4.42. The highest BCUT2D eigenvalue weighted by Crippen LogP contribution is 2.31. The molecule has 0 spiro atoms. The summed E-state index contributed by atoms with van der Waals surface area (Å²) in [5.41, 5.74) is 7.04. The van der Waals surface area contributed by atoms with E-state index in [1.807, 2.05) is 19.1 Å². The summed E-state index contributed by atoms with van der Waals surface area (Å²) in [6.07, 6.45) is 2.72. The minimum absolute atomic E-state index is 0.148. The van der Waals surface area contributed by atoms with Gasteiger partial charge in [0.25, 0.3) is 5.91 Å². The SMILES string of the molecule is COc1cc(C)ccc1Oc1ccc(NC(=O)c2ccc(C(N)=O)cn2)cn1. The molecule has 0 radical (unpaired) electrons. The Labute approximate surface area is 161 Å². The molecule has 0 bridgehead atoms. The summed E-state index contributed by atoms with van der Waals surface area (Å²) in [6.45, 7) is 1.96. The fourth-order valence-electron chi connectivity index (χ4n) is 2.36. The molecule has 0 aliphatic heterocycles. The highest BCUT2D eigenvalue weighted by atomic mass is 16.5. The summed E-state index contributed by atoms with van der Waals surface area (Å²) in [4.78, 5) is 31.4. The van der Waals surface area contributed by atoms with Crippen LogP contribution in [0.5, 0.6) is 17.4 Å². The maximum absolute atomic E-state index is 12.2. The Balaban J connectivity index is 1.67. The van der Waals surface area contributed by atoms with Gasteiger partial charge in [-0.1, -0.05) is 6.07 Å². The van der Waals surface area contributed by atoms with Crippen molar-refractivity contribution in [3.63, 3.8) is 0 Å². The topological polar surface area (TPSA) is 116 Å². The van der Waals surface area contributed by atoms with Crippen LogP contribution >= 0.6 is 0 Å². The number of nitrogens with two attached hydrogens (primary N) is 1. The minimum Gasteiger partial charge on any atom is -0.493 e. The first kappa shape index (κ1) is 18.8. The maximum Gasteiger partial charge on any atom is 0.274 e. The first-order chi connectivity index (χ1) is 13.5. The lowest BCUT2D eigenvalue weighted by Gasteiger charge is -2.11. The number of pyridine rings is 2. The van der Waals surface area contributed by atoms with Crippen LogP contribution in [-0.2, 0) is 0 Å². The summed E-state index contributed by atoms with van der Waals surface area (Å²) in [6, 6.07) is 11.7. The van der Waals surface area contributed by atoms with Crippen molar-refractivity contribution in [3.8, 4) is 17.4 Å². The van der Waals surface area contributed by atoms with Crippen molar-refractivity contribution in [1.82, 2.24) is 9.97 Å². The first-order valence-electron chi connectivity index (χ1n) is 8.32. The lowest BCUT2D eigenvalue weighted by atomic mass is 10.2. The lowest BCUT2D eigenvalue weighted by molar-refractivity contribution is 0.0993. The number of carbonyl (C=O) groups is 2. The van der Waals surface area contributed by atoms with Crippen molar-refractivity contribution in [2.45, 2.75) is 6.92 Å². The van der Waals surface area contributed by atoms with E-state index in [2.05, 4.69) is 15.3 Å². The third-order valence-corrected chi connectivity index (χ3v) is 3.81. The Morgan fingerprint density at radius 1 is 1.00 bits per heavy atom. The largest absolute Gasteiger partial charge is 0.493 e. The van der Waals surface area contributed by atoms with Crippen LogP contribution in [0.4, 0.5) is 5.69 Å². The number of rotatable bonds is 6. The number of hydrogen-bond acceptors (Lipinski definition) is 6. The molecular formula is C20H18N4O4. The number of primary amides is 1. The highest BCUT2D eigenvalue weighted by Gasteiger charge is 2.11. The van der Waals surface area contributed by atoms with Crippen LogP contribution in [0.3, 0.4) is 0 Å². The van der Waals surface area contributed by atoms with Gasteiger partial charge >= 0.3 is 0 Å². The number of hydrogen-bond donors (Lipinski definition) is 2. The molecule has 3 N–H and O–H groups in total. The van der Waals surface area contributed by atoms with Gasteiger partial charge in [0.15, 0.2) is 11.5 Å². The summed E-state index contributed by atoms with van der Waals surface area (Å²) >= 11 is 0. The quantitative estimate of drug-likeness (QED) is 0.681. The number of amides is 2. The zero-order valence-corrected chi connectivity index (χ0v) is 15.3. The third-order valence-electron chi connectivity index (χ3n) is 3.81. The number of nitrogens with zero attached hydrogens (tertiary/aromatic N) is 2. The van der Waals surface area contributed by atoms with Crippen molar-refractivity contribution in [3.05, 3.63) is 71.7 Å². The standard InChI is InChI=1S/C20H18N4O4/c1-12-3-7-16(17(9-12)27-2)28-18-8-5-14(11-23-18)24-20(26)15-6-4-13(10-22-15)19(21)25/h3-11H,1-2H3,(H2,21,25)(H,24,26). The molecule has 2 aromatic heterocycles. The van der Waals surface area contributed by atoms with Crippen molar-refractivity contribution >= 4 is 17.5 Å². The van der Waals surface area contributed by atoms with E-state index in [-0.39, 0.29) is 11.3 Å². The molecule has 8 heteroatoms. The van der Waals surface area contributed by atoms with Gasteiger partial charge in [-0.05, 0) is 42.8 Å². The molecule has 28 heavy (non-hydrogen) atoms. The van der Waals surface area contributed by atoms with Gasteiger partial charge in [-0.15, -0.1) is 0 Å². The van der Waals surface area contributed by atoms with Crippen molar-refractivity contribution in [2.75, 3.05) is 12.4 Å². The van der Waals surface area contributed by atoms with Crippen LogP contribution in [0.15, 0.2) is 54.9 Å². The van der Waals surface area contributed by atoms with Gasteiger partial charge in [0.1, 0.15) is 5.69 Å². The zero-order chi connectivity index (χ0) is 20.1. The van der Waals surface area contributed by atoms with E-state index in [4.69, 9.17) is 15.2 Å². The zero-order valence-electron chi connectivity index (χ0n) is 15.3. The average molecular weight is 378 g/mol. The number of nitrogens with one attached hydrogen (secondary N) is 1. The Kier molecular flexibility index (Phi) is 5.50. The summed E-state index contributed by atoms with van der Waals surface area (Å²) < 4.78 is 11.0. The normalized spacial score (nSPS) is 10.2. The second kappa shape index (κ2) is 8.17. The Morgan fingerprint density at radius 2 is 1.82 bits per heavy atom. The fraction of sp³-hybridized carbons (Fsp3) is 0.100. The molecule has 142 valence electrons. The van der Waals surface area contributed by atoms with Crippen LogP contribution in [0.2, 0.25) is 0 Å². The lowest BCUT2D eigenvalue weighted by Crippen LogP contribution is -2.16. The molecule has 0 saturated heterocycles. The summed E-state index contributed by atoms with van der Waals surface area (Å²) in [7, 11) is 1.57. The number of ether oxygens (including phenoxy) is 2. The van der Waals surface area contributed by atoms with E-state index in [0.717, 1.165) is 5.56 Å². The Morgan fingerprint density at radius 3 is 2.43 bits per heavy atom. The van der Waals surface area contributed by atoms with E-state index >= 15 is 0 Å². The second-order valence-corrected chi connectivity index (χ2v) is 5.89. The molecule has 0 unspecified atom stereocenters. The molecule has 2 amide bonds. The average Bonchev–Trinajstić information content (AvgIpc) is 2.70. The highest BCUT2D eigenvalue weighted by molar-refractivity contribution is 6.03. The predicted octanol–water partition coefficient (Wildman–Crippen LogP) is 2.94. The van der Waals surface area contributed by atoms with Gasteiger partial charge in [-0.3, -0.25) is 14.6 Å². The maximum atomic E-state index is 12.2. The molecule has 0 aliphatic carbocycles. The minimum atomic E-state index is -0.607. The number of aromatic nitrogens is 2. The number of carbonyl (C=O) groups excluding carboxylic acids is 2. The van der Waals surface area contributed by atoms with E-state index in [9.17, 15) is 9.59 Å². The molecule has 3 rings (SSSR count). The Hall–Kier alpha value is -3.94. The van der Waals surface area contributed by atoms with E-state index < -0.39 is 11.8 Å². The summed E-state index contributed by atoms with van der Waals surface area (Å²) in [5.74, 6) is 0.445. The monoisotopic (exact) mass is 378 g/mol. The molecule has 0 atom stereocenters. The van der Waals surface area contributed by atoms with Crippen molar-refractivity contribution < 1.29 is 19.1 Å². The molecule has 1 aromatic carbocycles. The number of aryl methyl sites for hydroxylation is 1. The smallest absolute Gasteiger partial charge is 0.274 e. The molecule has 0 saturated carbocycles. The fourth-order valence-corrected chi connectivity index (χ4v) is 2.36. The van der Waals surface area contributed by atoms with E-state index in [0.29, 0.717) is 23.1 Å². The van der Waals surface area contributed by atoms with Gasteiger partial charge in [0.05, 0.1) is 24.6 Å². The van der Waals surface area contributed by atoms with Crippen LogP contribution in [-0.4, -0.2) is 28.9 Å². The van der Waals surface area contributed by atoms with E-state index in [1.54, 1.807) is 25.3 Å². The van der Waals surface area contributed by atoms with Gasteiger partial charge < -0.3 is 20.5 Å². The van der Waals surface area contributed by atoms with Crippen LogP contribution in [0.25, 0.3) is 0 Å². The van der Waals surface area contributed by atoms with Crippen LogP contribution < -0.4 is 20.5 Å². The molecule has 3 aromatic rings. The van der Waals surface area contributed by atoms with Gasteiger partial charge in [0.2, 0.25) is 11.8 Å². The molecule has 0 aliphatic rings. The van der Waals surface area contributed by atoms with Gasteiger partial charge in [-0.2, -0.15) is 0 Å². The van der Waals surface area contributed by atoms with Gasteiger partial charge in [-0.25, -0.2) is 4.98 Å². The molecule has 2 heterocycles. The van der Waals surface area contributed by atoms with Crippen LogP contribution in [0.1, 0.15) is 26.4 Å². The number of methoxy groups -OCH3 is 1. The van der Waals surface area contributed by atoms with Crippen molar-refractivity contribution in [1.29, 1.82) is 0 Å². The second-order valence-electron chi connectivity index (χ2n) is 5.89. The number of benzene rings is 1. The molecule has 0 fully saturated rings. The summed E-state index contributed by atoms with van der Waals surface area (Å²) in [5, 5.41) is 2.67. The first-order valence-corrected chi connectivity index (χ1v) is 8.32. The molecule has 8 nitrogen and oxygen atoms in total. The van der Waals surface area contributed by atoms with Crippen LogP contribution in [0, 0.1) is 6.92 Å². The molecular weight excluding hydrogens is 360 g/mol. The van der Waals surface area contributed by atoms with Gasteiger partial charge in [0, 0.05) is 12.3 Å². The Bertz CT molecular complexity index is 1000. The van der Waals surface area contributed by atoms with E-state index in [1.165, 1.54) is 24.5 Å². The van der Waals surface area contributed by atoms with Crippen molar-refractivity contribution in [2.24, 2.45) is 5.73 Å².